The van der Waals surface area contributed by atoms with E-state index in [9.17, 15) is 13.2 Å². The molecule has 0 aliphatic carbocycles. The highest BCUT2D eigenvalue weighted by Crippen LogP contribution is 1.99. The fourth-order valence-electron chi connectivity index (χ4n) is 1.10. The zero-order chi connectivity index (χ0) is 14.5. The molecule has 10 heteroatoms. The number of sulfonamides is 1. The van der Waals surface area contributed by atoms with Crippen molar-refractivity contribution < 1.29 is 13.2 Å². The summed E-state index contributed by atoms with van der Waals surface area (Å²) >= 11 is 0. The van der Waals surface area contributed by atoms with E-state index < -0.39 is 15.9 Å². The Kier molecular flexibility index (Phi) is 5.15. The monoisotopic (exact) mass is 288 g/mol. The van der Waals surface area contributed by atoms with Crippen molar-refractivity contribution in [3.8, 4) is 0 Å². The van der Waals surface area contributed by atoms with Crippen LogP contribution >= 0.6 is 0 Å². The first-order chi connectivity index (χ1) is 8.86. The molecular weight excluding hydrogens is 272 g/mol. The molecule has 1 heterocycles. The van der Waals surface area contributed by atoms with Crippen molar-refractivity contribution in [3.63, 3.8) is 0 Å². The van der Waals surface area contributed by atoms with Gasteiger partial charge in [-0.05, 0) is 12.1 Å². The van der Waals surface area contributed by atoms with Crippen molar-refractivity contribution in [3.05, 3.63) is 17.8 Å². The Morgan fingerprint density at radius 3 is 2.53 bits per heavy atom. The van der Waals surface area contributed by atoms with Crippen LogP contribution in [-0.2, 0) is 10.0 Å². The molecule has 0 radical (unpaired) electrons. The molecule has 4 N–H and O–H groups in total. The third kappa shape index (κ3) is 4.43. The Hall–Kier alpha value is -1.78. The van der Waals surface area contributed by atoms with Gasteiger partial charge in [-0.3, -0.25) is 4.79 Å². The van der Waals surface area contributed by atoms with Crippen LogP contribution in [0, 0.1) is 0 Å². The Morgan fingerprint density at radius 2 is 2.05 bits per heavy atom. The van der Waals surface area contributed by atoms with Crippen molar-refractivity contribution >= 4 is 21.7 Å². The van der Waals surface area contributed by atoms with Gasteiger partial charge in [0.2, 0.25) is 10.0 Å². The van der Waals surface area contributed by atoms with E-state index in [2.05, 4.69) is 20.9 Å². The second kappa shape index (κ2) is 6.41. The standard InChI is InChI=1S/C9H16N6O3S/c1-15(2)19(17,18)6-5-11-9(16)7-3-4-8(12-10)14-13-7/h3-4H,5-6,10H2,1-2H3,(H,11,16)(H,12,14). The second-order valence-corrected chi connectivity index (χ2v) is 6.10. The SMILES string of the molecule is CN(C)S(=O)(=O)CCNC(=O)c1ccc(NN)nn1. The van der Waals surface area contributed by atoms with Crippen molar-refractivity contribution in [2.75, 3.05) is 31.8 Å². The number of aromatic nitrogens is 2. The van der Waals surface area contributed by atoms with E-state index in [0.29, 0.717) is 5.82 Å². The lowest BCUT2D eigenvalue weighted by Crippen LogP contribution is -2.34. The quantitative estimate of drug-likeness (QED) is 0.423. The summed E-state index contributed by atoms with van der Waals surface area (Å²) in [6.07, 6.45) is 0. The maximum atomic E-state index is 11.6. The lowest BCUT2D eigenvalue weighted by molar-refractivity contribution is 0.0950. The van der Waals surface area contributed by atoms with Crippen LogP contribution in [0.3, 0.4) is 0 Å². The van der Waals surface area contributed by atoms with Gasteiger partial charge in [-0.1, -0.05) is 0 Å². The average molecular weight is 288 g/mol. The molecule has 19 heavy (non-hydrogen) atoms. The fraction of sp³-hybridized carbons (Fsp3) is 0.444. The molecule has 0 aromatic carbocycles. The first kappa shape index (κ1) is 15.3. The molecule has 0 bridgehead atoms. The van der Waals surface area contributed by atoms with Crippen molar-refractivity contribution in [2.24, 2.45) is 5.84 Å². The van der Waals surface area contributed by atoms with Crippen LogP contribution in [0.15, 0.2) is 12.1 Å². The zero-order valence-corrected chi connectivity index (χ0v) is 11.4. The molecule has 1 aromatic rings. The number of nitrogens with two attached hydrogens (primary N) is 1. The summed E-state index contributed by atoms with van der Waals surface area (Å²) in [5.41, 5.74) is 2.36. The smallest absolute Gasteiger partial charge is 0.271 e. The number of hydrazine groups is 1. The molecule has 1 rings (SSSR count). The van der Waals surface area contributed by atoms with Gasteiger partial charge in [-0.25, -0.2) is 18.6 Å². The Labute approximate surface area is 111 Å². The summed E-state index contributed by atoms with van der Waals surface area (Å²) < 4.78 is 24.0. The van der Waals surface area contributed by atoms with Crippen LogP contribution in [0.1, 0.15) is 10.5 Å². The molecule has 0 fully saturated rings. The van der Waals surface area contributed by atoms with E-state index in [1.165, 1.54) is 26.2 Å². The number of nitrogens with one attached hydrogen (secondary N) is 2. The Balaban J connectivity index is 2.52. The molecule has 0 spiro atoms. The third-order valence-corrected chi connectivity index (χ3v) is 4.08. The minimum atomic E-state index is -3.33. The van der Waals surface area contributed by atoms with Gasteiger partial charge in [0.05, 0.1) is 5.75 Å². The lowest BCUT2D eigenvalue weighted by Gasteiger charge is -2.11. The number of rotatable bonds is 6. The molecule has 0 unspecified atom stereocenters. The van der Waals surface area contributed by atoms with E-state index in [4.69, 9.17) is 5.84 Å². The number of carbonyl (C=O) groups is 1. The number of nitrogens with zero attached hydrogens (tertiary/aromatic N) is 3. The average Bonchev–Trinajstić information content (AvgIpc) is 2.38. The van der Waals surface area contributed by atoms with Crippen molar-refractivity contribution in [2.45, 2.75) is 0 Å². The van der Waals surface area contributed by atoms with Crippen LogP contribution in [0.25, 0.3) is 0 Å². The highest BCUT2D eigenvalue weighted by atomic mass is 32.2. The number of hydrogen-bond donors (Lipinski definition) is 3. The predicted molar refractivity (Wildman–Crippen MR) is 69.6 cm³/mol. The van der Waals surface area contributed by atoms with Crippen LogP contribution in [0.2, 0.25) is 0 Å². The summed E-state index contributed by atoms with van der Waals surface area (Å²) in [4.78, 5) is 11.6. The van der Waals surface area contributed by atoms with Crippen LogP contribution in [-0.4, -0.2) is 55.2 Å². The third-order valence-electron chi connectivity index (χ3n) is 2.25. The molecule has 0 aliphatic rings. The van der Waals surface area contributed by atoms with Crippen LogP contribution < -0.4 is 16.6 Å². The lowest BCUT2D eigenvalue weighted by atomic mass is 10.3. The van der Waals surface area contributed by atoms with Crippen molar-refractivity contribution in [1.29, 1.82) is 0 Å². The van der Waals surface area contributed by atoms with Crippen molar-refractivity contribution in [1.82, 2.24) is 19.8 Å². The largest absolute Gasteiger partial charge is 0.350 e. The van der Waals surface area contributed by atoms with Gasteiger partial charge in [0.15, 0.2) is 11.5 Å². The zero-order valence-electron chi connectivity index (χ0n) is 10.6. The molecule has 0 saturated carbocycles. The number of nitrogen functional groups attached to an aromatic ring is 1. The van der Waals surface area contributed by atoms with Crippen LogP contribution in [0.4, 0.5) is 5.82 Å². The Morgan fingerprint density at radius 1 is 1.37 bits per heavy atom. The van der Waals surface area contributed by atoms with E-state index in [0.717, 1.165) is 4.31 Å². The highest BCUT2D eigenvalue weighted by molar-refractivity contribution is 7.89. The molecular formula is C9H16N6O3S. The molecule has 1 aromatic heterocycles. The maximum Gasteiger partial charge on any atom is 0.271 e. The summed E-state index contributed by atoms with van der Waals surface area (Å²) in [5.74, 6) is 4.76. The highest BCUT2D eigenvalue weighted by Gasteiger charge is 2.14. The molecule has 0 atom stereocenters. The summed E-state index contributed by atoms with van der Waals surface area (Å²) in [6.45, 7) is -0.00207. The molecule has 0 aliphatic heterocycles. The van der Waals surface area contributed by atoms with Gasteiger partial charge in [0.1, 0.15) is 0 Å². The van der Waals surface area contributed by atoms with E-state index >= 15 is 0 Å². The summed E-state index contributed by atoms with van der Waals surface area (Å²) in [6, 6.07) is 2.91. The molecule has 106 valence electrons. The first-order valence-corrected chi connectivity index (χ1v) is 6.96. The molecule has 1 amide bonds. The van der Waals surface area contributed by atoms with E-state index in [1.54, 1.807) is 0 Å². The van der Waals surface area contributed by atoms with E-state index in [-0.39, 0.29) is 18.0 Å². The second-order valence-electron chi connectivity index (χ2n) is 3.80. The maximum absolute atomic E-state index is 11.6. The molecule has 9 nitrogen and oxygen atoms in total. The van der Waals surface area contributed by atoms with E-state index in [1.807, 2.05) is 0 Å². The number of hydrogen-bond acceptors (Lipinski definition) is 7. The number of carbonyl (C=O) groups excluding carboxylic acids is 1. The first-order valence-electron chi connectivity index (χ1n) is 5.35. The molecule has 0 saturated heterocycles. The topological polar surface area (TPSA) is 130 Å². The van der Waals surface area contributed by atoms with Crippen LogP contribution in [0.5, 0.6) is 0 Å². The predicted octanol–water partition coefficient (Wildman–Crippen LogP) is -1.62. The Bertz CT molecular complexity index is 527. The van der Waals surface area contributed by atoms with Gasteiger partial charge < -0.3 is 10.7 Å². The number of anilines is 1. The minimum absolute atomic E-state index is 0.00207. The summed E-state index contributed by atoms with van der Waals surface area (Å²) in [5, 5.41) is 9.71. The summed E-state index contributed by atoms with van der Waals surface area (Å²) in [7, 11) is -0.467. The van der Waals surface area contributed by atoms with Gasteiger partial charge in [-0.15, -0.1) is 10.2 Å². The fourth-order valence-corrected chi connectivity index (χ4v) is 1.82. The van der Waals surface area contributed by atoms with Gasteiger partial charge in [0.25, 0.3) is 5.91 Å². The van der Waals surface area contributed by atoms with Gasteiger partial charge in [0, 0.05) is 20.6 Å². The van der Waals surface area contributed by atoms with Gasteiger partial charge >= 0.3 is 0 Å². The normalized spacial score (nSPS) is 11.4. The number of amides is 1. The minimum Gasteiger partial charge on any atom is -0.350 e. The van der Waals surface area contributed by atoms with Gasteiger partial charge in [-0.2, -0.15) is 0 Å².